The zero-order valence-corrected chi connectivity index (χ0v) is 16.7. The van der Waals surface area contributed by atoms with Crippen LogP contribution < -0.4 is 0 Å². The van der Waals surface area contributed by atoms with E-state index in [0.29, 0.717) is 11.9 Å². The highest BCUT2D eigenvalue weighted by Crippen LogP contribution is 2.25. The Hall–Kier alpha value is -1.88. The van der Waals surface area contributed by atoms with Crippen LogP contribution in [0.4, 0.5) is 0 Å². The van der Waals surface area contributed by atoms with Gasteiger partial charge < -0.3 is 9.47 Å². The van der Waals surface area contributed by atoms with Crippen molar-refractivity contribution < 1.29 is 4.79 Å². The first-order valence-corrected chi connectivity index (χ1v) is 10.6. The summed E-state index contributed by atoms with van der Waals surface area (Å²) in [6, 6.07) is 8.80. The SMILES string of the molecule is CC(C)n1c(CN2CCC(C(=O)N3CCCCC3)CC2)nc2ccccc21. The lowest BCUT2D eigenvalue weighted by molar-refractivity contribution is -0.138. The van der Waals surface area contributed by atoms with Gasteiger partial charge in [-0.15, -0.1) is 0 Å². The largest absolute Gasteiger partial charge is 0.342 e. The topological polar surface area (TPSA) is 41.4 Å². The van der Waals surface area contributed by atoms with Crippen molar-refractivity contribution >= 4 is 16.9 Å². The van der Waals surface area contributed by atoms with Crippen LogP contribution in [-0.2, 0) is 11.3 Å². The van der Waals surface area contributed by atoms with Crippen molar-refractivity contribution in [1.82, 2.24) is 19.4 Å². The van der Waals surface area contributed by atoms with Gasteiger partial charge in [-0.25, -0.2) is 4.98 Å². The molecule has 5 nitrogen and oxygen atoms in total. The number of hydrogen-bond donors (Lipinski definition) is 0. The lowest BCUT2D eigenvalue weighted by Crippen LogP contribution is -2.44. The Morgan fingerprint density at radius 3 is 2.48 bits per heavy atom. The number of amides is 1. The molecule has 0 radical (unpaired) electrons. The fraction of sp³-hybridized carbons (Fsp3) is 0.636. The first-order chi connectivity index (χ1) is 13.1. The predicted octanol–water partition coefficient (Wildman–Crippen LogP) is 3.84. The minimum Gasteiger partial charge on any atom is -0.342 e. The van der Waals surface area contributed by atoms with Crippen LogP contribution in [0.5, 0.6) is 0 Å². The fourth-order valence-electron chi connectivity index (χ4n) is 4.69. The molecule has 2 fully saturated rings. The minimum atomic E-state index is 0.225. The summed E-state index contributed by atoms with van der Waals surface area (Å²) in [5, 5.41) is 0. The summed E-state index contributed by atoms with van der Waals surface area (Å²) < 4.78 is 2.36. The van der Waals surface area contributed by atoms with Crippen LogP contribution in [0.2, 0.25) is 0 Å². The maximum absolute atomic E-state index is 12.8. The van der Waals surface area contributed by atoms with Crippen molar-refractivity contribution in [3.63, 3.8) is 0 Å². The number of carbonyl (C=O) groups is 1. The molecule has 146 valence electrons. The Morgan fingerprint density at radius 2 is 1.78 bits per heavy atom. The molecule has 0 unspecified atom stereocenters. The molecular weight excluding hydrogens is 336 g/mol. The van der Waals surface area contributed by atoms with Gasteiger partial charge in [-0.1, -0.05) is 12.1 Å². The van der Waals surface area contributed by atoms with Crippen molar-refractivity contribution in [2.24, 2.45) is 5.92 Å². The van der Waals surface area contributed by atoms with Crippen LogP contribution in [0.3, 0.4) is 0 Å². The molecule has 2 aliphatic rings. The molecule has 5 heteroatoms. The molecule has 2 aliphatic heterocycles. The van der Waals surface area contributed by atoms with Gasteiger partial charge in [-0.05, 0) is 71.2 Å². The smallest absolute Gasteiger partial charge is 0.225 e. The summed E-state index contributed by atoms with van der Waals surface area (Å²) in [5.41, 5.74) is 2.30. The number of fused-ring (bicyclic) bond motifs is 1. The van der Waals surface area contributed by atoms with E-state index in [1.165, 1.54) is 24.8 Å². The monoisotopic (exact) mass is 368 g/mol. The maximum Gasteiger partial charge on any atom is 0.225 e. The van der Waals surface area contributed by atoms with Gasteiger partial charge >= 0.3 is 0 Å². The van der Waals surface area contributed by atoms with Crippen molar-refractivity contribution in [2.45, 2.75) is 58.5 Å². The second-order valence-electron chi connectivity index (χ2n) is 8.42. The number of aromatic nitrogens is 2. The standard InChI is InChI=1S/C22H32N4O/c1-17(2)26-20-9-5-4-8-19(20)23-21(26)16-24-14-10-18(11-15-24)22(27)25-12-6-3-7-13-25/h4-5,8-9,17-18H,3,6-7,10-16H2,1-2H3. The maximum atomic E-state index is 12.8. The van der Waals surface area contributed by atoms with Gasteiger partial charge in [0.25, 0.3) is 0 Å². The van der Waals surface area contributed by atoms with Gasteiger partial charge in [-0.2, -0.15) is 0 Å². The molecule has 3 heterocycles. The number of para-hydroxylation sites is 2. The van der Waals surface area contributed by atoms with Crippen molar-refractivity contribution in [3.8, 4) is 0 Å². The molecule has 0 bridgehead atoms. The minimum absolute atomic E-state index is 0.225. The molecule has 0 aliphatic carbocycles. The van der Waals surface area contributed by atoms with Crippen molar-refractivity contribution in [3.05, 3.63) is 30.1 Å². The molecule has 27 heavy (non-hydrogen) atoms. The fourth-order valence-corrected chi connectivity index (χ4v) is 4.69. The van der Waals surface area contributed by atoms with E-state index in [0.717, 1.165) is 56.9 Å². The zero-order valence-electron chi connectivity index (χ0n) is 16.7. The van der Waals surface area contributed by atoms with Gasteiger partial charge in [0, 0.05) is 25.0 Å². The second-order valence-corrected chi connectivity index (χ2v) is 8.42. The van der Waals surface area contributed by atoms with Gasteiger partial charge in [0.1, 0.15) is 5.82 Å². The van der Waals surface area contributed by atoms with E-state index >= 15 is 0 Å². The lowest BCUT2D eigenvalue weighted by Gasteiger charge is -2.35. The van der Waals surface area contributed by atoms with E-state index in [2.05, 4.69) is 52.5 Å². The van der Waals surface area contributed by atoms with Gasteiger partial charge in [0.05, 0.1) is 17.6 Å². The number of carbonyl (C=O) groups excluding carboxylic acids is 1. The van der Waals surface area contributed by atoms with Crippen LogP contribution in [0, 0.1) is 5.92 Å². The van der Waals surface area contributed by atoms with Crippen LogP contribution in [0.1, 0.15) is 57.8 Å². The third-order valence-corrected chi connectivity index (χ3v) is 6.15. The number of imidazole rings is 1. The number of piperidine rings is 2. The molecule has 0 atom stereocenters. The molecule has 1 aromatic heterocycles. The van der Waals surface area contributed by atoms with E-state index < -0.39 is 0 Å². The van der Waals surface area contributed by atoms with Crippen LogP contribution in [0.15, 0.2) is 24.3 Å². The lowest BCUT2D eigenvalue weighted by atomic mass is 9.94. The molecule has 0 saturated carbocycles. The highest BCUT2D eigenvalue weighted by molar-refractivity contribution is 5.79. The predicted molar refractivity (Wildman–Crippen MR) is 109 cm³/mol. The summed E-state index contributed by atoms with van der Waals surface area (Å²) in [6.45, 7) is 9.24. The Labute approximate surface area is 162 Å². The Balaban J connectivity index is 1.40. The first kappa shape index (κ1) is 18.5. The summed E-state index contributed by atoms with van der Waals surface area (Å²) in [7, 11) is 0. The van der Waals surface area contributed by atoms with E-state index in [9.17, 15) is 4.79 Å². The highest BCUT2D eigenvalue weighted by atomic mass is 16.2. The molecule has 1 aromatic carbocycles. The molecule has 0 spiro atoms. The average Bonchev–Trinajstić information content (AvgIpc) is 3.06. The summed E-state index contributed by atoms with van der Waals surface area (Å²) in [6.07, 6.45) is 5.60. The summed E-state index contributed by atoms with van der Waals surface area (Å²) in [5.74, 6) is 1.78. The Bertz CT molecular complexity index is 783. The third-order valence-electron chi connectivity index (χ3n) is 6.15. The highest BCUT2D eigenvalue weighted by Gasteiger charge is 2.29. The second kappa shape index (κ2) is 8.01. The van der Waals surface area contributed by atoms with E-state index in [1.54, 1.807) is 0 Å². The number of benzene rings is 1. The zero-order chi connectivity index (χ0) is 18.8. The van der Waals surface area contributed by atoms with Crippen LogP contribution in [0.25, 0.3) is 11.0 Å². The molecule has 4 rings (SSSR count). The average molecular weight is 369 g/mol. The summed E-state index contributed by atoms with van der Waals surface area (Å²) in [4.78, 5) is 22.3. The number of hydrogen-bond acceptors (Lipinski definition) is 3. The van der Waals surface area contributed by atoms with Gasteiger partial charge in [0.2, 0.25) is 5.91 Å². The molecule has 1 amide bonds. The molecular formula is C22H32N4O. The summed E-state index contributed by atoms with van der Waals surface area (Å²) >= 11 is 0. The quantitative estimate of drug-likeness (QED) is 0.823. The van der Waals surface area contributed by atoms with Crippen molar-refractivity contribution in [2.75, 3.05) is 26.2 Å². The number of rotatable bonds is 4. The van der Waals surface area contributed by atoms with E-state index in [1.807, 2.05) is 0 Å². The molecule has 2 aromatic rings. The Kier molecular flexibility index (Phi) is 5.48. The molecule has 2 saturated heterocycles. The van der Waals surface area contributed by atoms with Gasteiger partial charge in [-0.3, -0.25) is 9.69 Å². The number of likely N-dealkylation sites (tertiary alicyclic amines) is 2. The number of nitrogens with zero attached hydrogens (tertiary/aromatic N) is 4. The van der Waals surface area contributed by atoms with E-state index in [-0.39, 0.29) is 5.92 Å². The Morgan fingerprint density at radius 1 is 1.07 bits per heavy atom. The van der Waals surface area contributed by atoms with Gasteiger partial charge in [0.15, 0.2) is 0 Å². The van der Waals surface area contributed by atoms with E-state index in [4.69, 9.17) is 4.98 Å². The van der Waals surface area contributed by atoms with Crippen LogP contribution >= 0.6 is 0 Å². The van der Waals surface area contributed by atoms with Crippen LogP contribution in [-0.4, -0.2) is 51.4 Å². The van der Waals surface area contributed by atoms with Crippen molar-refractivity contribution in [1.29, 1.82) is 0 Å². The first-order valence-electron chi connectivity index (χ1n) is 10.6. The molecule has 0 N–H and O–H groups in total. The third kappa shape index (κ3) is 3.88. The normalized spacial score (nSPS) is 19.9.